The van der Waals surface area contributed by atoms with E-state index >= 15 is 0 Å². The van der Waals surface area contributed by atoms with Gasteiger partial charge >= 0.3 is 6.03 Å². The minimum Gasteiger partial charge on any atom is -0.485 e. The average molecular weight is 540 g/mol. The summed E-state index contributed by atoms with van der Waals surface area (Å²) in [5, 5.41) is 13.1. The fourth-order valence-electron chi connectivity index (χ4n) is 7.31. The van der Waals surface area contributed by atoms with Gasteiger partial charge in [0.25, 0.3) is 0 Å². The van der Waals surface area contributed by atoms with E-state index < -0.39 is 23.8 Å². The lowest BCUT2D eigenvalue weighted by atomic mass is 9.63. The van der Waals surface area contributed by atoms with Crippen molar-refractivity contribution < 1.29 is 23.1 Å². The number of carbonyl (C=O) groups is 2. The second-order valence-corrected chi connectivity index (χ2v) is 11.4. The Morgan fingerprint density at radius 3 is 2.62 bits per heavy atom. The lowest BCUT2D eigenvalue weighted by Gasteiger charge is -2.50. The number of amides is 3. The van der Waals surface area contributed by atoms with E-state index in [4.69, 9.17) is 4.74 Å². The number of likely N-dealkylation sites (tertiary alicyclic amines) is 1. The van der Waals surface area contributed by atoms with Crippen molar-refractivity contribution in [2.75, 3.05) is 26.7 Å². The standard InChI is InChI=1S/C29H35F2N5O3/c1-36-15-21(19-9-10-33-25(19)28(36)37)20-11-17(14-32-13-16-5-3-2-4-6-16)24-26(35-29(38)34-24)27(20)39-23-8-7-18(30)12-22(23)31/h2-8,12,17,19-21,24-27,32-33H,9-11,13-15H2,1H3,(H2,34,35,38). The summed E-state index contributed by atoms with van der Waals surface area (Å²) in [7, 11) is 1.82. The maximum atomic E-state index is 14.8. The van der Waals surface area contributed by atoms with Gasteiger partial charge in [0.1, 0.15) is 11.9 Å². The smallest absolute Gasteiger partial charge is 0.315 e. The Morgan fingerprint density at radius 2 is 1.82 bits per heavy atom. The van der Waals surface area contributed by atoms with Gasteiger partial charge in [-0.3, -0.25) is 4.79 Å². The zero-order valence-electron chi connectivity index (χ0n) is 21.9. The van der Waals surface area contributed by atoms with Crippen LogP contribution in [0.15, 0.2) is 48.5 Å². The molecule has 4 fully saturated rings. The van der Waals surface area contributed by atoms with Gasteiger partial charge < -0.3 is 30.9 Å². The fourth-order valence-corrected chi connectivity index (χ4v) is 7.31. The molecule has 0 aromatic heterocycles. The maximum absolute atomic E-state index is 14.8. The van der Waals surface area contributed by atoms with Crippen LogP contribution in [-0.4, -0.2) is 67.7 Å². The third-order valence-electron chi connectivity index (χ3n) is 9.07. The van der Waals surface area contributed by atoms with Gasteiger partial charge in [-0.25, -0.2) is 13.6 Å². The van der Waals surface area contributed by atoms with Gasteiger partial charge in [0.2, 0.25) is 5.91 Å². The molecule has 10 heteroatoms. The Hall–Kier alpha value is -3.24. The highest BCUT2D eigenvalue weighted by molar-refractivity contribution is 5.83. The Kier molecular flexibility index (Phi) is 7.16. The number of hydrogen-bond donors (Lipinski definition) is 4. The number of urea groups is 1. The number of likely N-dealkylation sites (N-methyl/N-ethyl adjacent to an activating group) is 1. The van der Waals surface area contributed by atoms with E-state index in [0.717, 1.165) is 25.5 Å². The molecule has 4 aliphatic rings. The summed E-state index contributed by atoms with van der Waals surface area (Å²) in [5.74, 6) is -1.14. The van der Waals surface area contributed by atoms with E-state index in [1.54, 1.807) is 4.90 Å². The van der Waals surface area contributed by atoms with Crippen LogP contribution in [0.4, 0.5) is 13.6 Å². The Morgan fingerprint density at radius 1 is 1.03 bits per heavy atom. The first-order valence-electron chi connectivity index (χ1n) is 13.8. The van der Waals surface area contributed by atoms with Gasteiger partial charge in [-0.2, -0.15) is 0 Å². The first-order valence-corrected chi connectivity index (χ1v) is 13.8. The maximum Gasteiger partial charge on any atom is 0.315 e. The van der Waals surface area contributed by atoms with Crippen LogP contribution in [0.25, 0.3) is 0 Å². The molecule has 8 atom stereocenters. The minimum absolute atomic E-state index is 0.0340. The predicted molar refractivity (Wildman–Crippen MR) is 141 cm³/mol. The van der Waals surface area contributed by atoms with Crippen molar-refractivity contribution in [3.8, 4) is 5.75 Å². The number of benzene rings is 2. The molecule has 3 saturated heterocycles. The molecule has 0 bridgehead atoms. The quantitative estimate of drug-likeness (QED) is 0.433. The van der Waals surface area contributed by atoms with E-state index in [1.807, 2.05) is 25.2 Å². The summed E-state index contributed by atoms with van der Waals surface area (Å²) in [4.78, 5) is 27.3. The molecule has 8 unspecified atom stereocenters. The Balaban J connectivity index is 1.30. The number of nitrogens with one attached hydrogen (secondary N) is 4. The summed E-state index contributed by atoms with van der Waals surface area (Å²) in [5.41, 5.74) is 1.18. The van der Waals surface area contributed by atoms with Gasteiger partial charge in [-0.1, -0.05) is 30.3 Å². The summed E-state index contributed by atoms with van der Waals surface area (Å²) in [6.07, 6.45) is 1.06. The number of halogens is 2. The van der Waals surface area contributed by atoms with E-state index in [2.05, 4.69) is 33.4 Å². The highest BCUT2D eigenvalue weighted by Gasteiger charge is 2.56. The SMILES string of the molecule is CN1CC(C2CC(CNCc3ccccc3)C3NC(=O)NC3C2Oc2ccc(F)cc2F)C2CCNC2C1=O. The van der Waals surface area contributed by atoms with Crippen LogP contribution in [0.5, 0.6) is 5.75 Å². The number of piperidine rings is 1. The van der Waals surface area contributed by atoms with Crippen LogP contribution in [0.1, 0.15) is 18.4 Å². The highest BCUT2D eigenvalue weighted by atomic mass is 19.1. The lowest BCUT2D eigenvalue weighted by molar-refractivity contribution is -0.140. The van der Waals surface area contributed by atoms with Crippen LogP contribution in [0, 0.1) is 35.3 Å². The Bertz CT molecular complexity index is 1220. The predicted octanol–water partition coefficient (Wildman–Crippen LogP) is 2.25. The largest absolute Gasteiger partial charge is 0.485 e. The molecule has 4 N–H and O–H groups in total. The first-order chi connectivity index (χ1) is 18.9. The monoisotopic (exact) mass is 539 g/mol. The van der Waals surface area contributed by atoms with E-state index in [-0.39, 0.29) is 53.4 Å². The molecule has 3 heterocycles. The summed E-state index contributed by atoms with van der Waals surface area (Å²) in [6, 6.07) is 12.3. The van der Waals surface area contributed by atoms with Crippen LogP contribution in [-0.2, 0) is 11.3 Å². The van der Waals surface area contributed by atoms with Crippen molar-refractivity contribution in [3.05, 3.63) is 65.7 Å². The van der Waals surface area contributed by atoms with E-state index in [0.29, 0.717) is 19.6 Å². The number of nitrogens with zero attached hydrogens (tertiary/aromatic N) is 1. The number of hydrogen-bond acceptors (Lipinski definition) is 5. The second kappa shape index (κ2) is 10.7. The number of rotatable bonds is 7. The molecule has 2 aromatic rings. The van der Waals surface area contributed by atoms with Crippen LogP contribution >= 0.6 is 0 Å². The molecular formula is C29H35F2N5O3. The fraction of sp³-hybridized carbons (Fsp3) is 0.517. The van der Waals surface area contributed by atoms with Crippen molar-refractivity contribution in [3.63, 3.8) is 0 Å². The number of ether oxygens (including phenoxy) is 1. The van der Waals surface area contributed by atoms with Crippen LogP contribution < -0.4 is 26.0 Å². The first kappa shape index (κ1) is 26.0. The lowest BCUT2D eigenvalue weighted by Crippen LogP contribution is -2.64. The molecule has 1 saturated carbocycles. The third kappa shape index (κ3) is 5.07. The van der Waals surface area contributed by atoms with Gasteiger partial charge in [0.15, 0.2) is 11.6 Å². The van der Waals surface area contributed by atoms with Gasteiger partial charge in [-0.15, -0.1) is 0 Å². The molecule has 8 nitrogen and oxygen atoms in total. The minimum atomic E-state index is -0.773. The highest BCUT2D eigenvalue weighted by Crippen LogP contribution is 2.45. The molecule has 6 rings (SSSR count). The normalized spacial score (nSPS) is 33.8. The molecule has 3 amide bonds. The van der Waals surface area contributed by atoms with Crippen molar-refractivity contribution in [1.82, 2.24) is 26.2 Å². The molecule has 0 spiro atoms. The molecule has 1 aliphatic carbocycles. The van der Waals surface area contributed by atoms with Gasteiger partial charge in [0.05, 0.1) is 18.1 Å². The van der Waals surface area contributed by atoms with Crippen LogP contribution in [0.2, 0.25) is 0 Å². The van der Waals surface area contributed by atoms with Crippen molar-refractivity contribution in [2.45, 2.75) is 43.6 Å². The van der Waals surface area contributed by atoms with Crippen molar-refractivity contribution in [2.24, 2.45) is 23.7 Å². The number of fused-ring (bicyclic) bond motifs is 2. The second-order valence-electron chi connectivity index (χ2n) is 11.4. The molecule has 3 aliphatic heterocycles. The van der Waals surface area contributed by atoms with Gasteiger partial charge in [0, 0.05) is 38.7 Å². The summed E-state index contributed by atoms with van der Waals surface area (Å²) >= 11 is 0. The van der Waals surface area contributed by atoms with Gasteiger partial charge in [-0.05, 0) is 54.8 Å². The Labute approximate surface area is 226 Å². The van der Waals surface area contributed by atoms with E-state index in [9.17, 15) is 18.4 Å². The molecule has 39 heavy (non-hydrogen) atoms. The zero-order valence-corrected chi connectivity index (χ0v) is 21.9. The molecule has 208 valence electrons. The van der Waals surface area contributed by atoms with E-state index in [1.165, 1.54) is 17.7 Å². The third-order valence-corrected chi connectivity index (χ3v) is 9.07. The molecule has 2 aromatic carbocycles. The van der Waals surface area contributed by atoms with Crippen molar-refractivity contribution >= 4 is 11.9 Å². The molecule has 0 radical (unpaired) electrons. The molecular weight excluding hydrogens is 504 g/mol. The van der Waals surface area contributed by atoms with Crippen molar-refractivity contribution in [1.29, 1.82) is 0 Å². The average Bonchev–Trinajstić information content (AvgIpc) is 3.57. The topological polar surface area (TPSA) is 94.7 Å². The zero-order chi connectivity index (χ0) is 27.1. The summed E-state index contributed by atoms with van der Waals surface area (Å²) in [6.45, 7) is 2.72. The number of carbonyl (C=O) groups excluding carboxylic acids is 2. The van der Waals surface area contributed by atoms with Crippen LogP contribution in [0.3, 0.4) is 0 Å². The summed E-state index contributed by atoms with van der Waals surface area (Å²) < 4.78 is 34.8.